The van der Waals surface area contributed by atoms with Crippen molar-refractivity contribution in [3.8, 4) is 0 Å². The zero-order valence-electron chi connectivity index (χ0n) is 10.0. The molecule has 1 aromatic heterocycles. The van der Waals surface area contributed by atoms with Crippen molar-refractivity contribution in [2.24, 2.45) is 0 Å². The maximum atomic E-state index is 12.0. The predicted octanol–water partition coefficient (Wildman–Crippen LogP) is 1.96. The Morgan fingerprint density at radius 1 is 1.61 bits per heavy atom. The van der Waals surface area contributed by atoms with Gasteiger partial charge in [-0.05, 0) is 31.4 Å². The first-order valence-corrected chi connectivity index (χ1v) is 7.74. The van der Waals surface area contributed by atoms with Crippen molar-refractivity contribution >= 4 is 27.3 Å². The first kappa shape index (κ1) is 13.6. The van der Waals surface area contributed by atoms with Gasteiger partial charge >= 0.3 is 0 Å². The SMILES string of the molecule is Cc1ccnc(Cl)c1NS(=O)(=O)CC1CCCO1. The minimum Gasteiger partial charge on any atom is -0.377 e. The van der Waals surface area contributed by atoms with Crippen molar-refractivity contribution in [2.75, 3.05) is 17.1 Å². The Labute approximate surface area is 112 Å². The van der Waals surface area contributed by atoms with Crippen molar-refractivity contribution in [3.05, 3.63) is 23.0 Å². The third kappa shape index (κ3) is 3.34. The monoisotopic (exact) mass is 290 g/mol. The first-order valence-electron chi connectivity index (χ1n) is 5.71. The number of ether oxygens (including phenoxy) is 1. The van der Waals surface area contributed by atoms with Gasteiger partial charge in [-0.1, -0.05) is 11.6 Å². The lowest BCUT2D eigenvalue weighted by Gasteiger charge is -2.14. The van der Waals surface area contributed by atoms with Crippen LogP contribution in [0.1, 0.15) is 18.4 Å². The quantitative estimate of drug-likeness (QED) is 0.861. The van der Waals surface area contributed by atoms with E-state index >= 15 is 0 Å². The first-order chi connectivity index (χ1) is 8.48. The maximum Gasteiger partial charge on any atom is 0.235 e. The predicted molar refractivity (Wildman–Crippen MR) is 70.4 cm³/mol. The van der Waals surface area contributed by atoms with Gasteiger partial charge < -0.3 is 4.74 Å². The fourth-order valence-corrected chi connectivity index (χ4v) is 3.58. The number of sulfonamides is 1. The number of anilines is 1. The molecule has 0 amide bonds. The molecule has 0 spiro atoms. The van der Waals surface area contributed by atoms with Crippen molar-refractivity contribution in [2.45, 2.75) is 25.9 Å². The largest absolute Gasteiger partial charge is 0.377 e. The molecule has 1 aromatic rings. The molecule has 1 aliphatic heterocycles. The van der Waals surface area contributed by atoms with E-state index in [1.165, 1.54) is 6.20 Å². The Bertz CT molecular complexity index is 507. The van der Waals surface area contributed by atoms with Gasteiger partial charge in [0, 0.05) is 12.8 Å². The lowest BCUT2D eigenvalue weighted by atomic mass is 10.3. The van der Waals surface area contributed by atoms with Gasteiger partial charge in [0.15, 0.2) is 5.15 Å². The molecule has 0 aliphatic carbocycles. The average molecular weight is 291 g/mol. The molecule has 0 aromatic carbocycles. The molecule has 0 radical (unpaired) electrons. The number of halogens is 1. The Morgan fingerprint density at radius 2 is 2.39 bits per heavy atom. The van der Waals surface area contributed by atoms with Crippen molar-refractivity contribution in [1.82, 2.24) is 4.98 Å². The van der Waals surface area contributed by atoms with E-state index in [1.54, 1.807) is 13.0 Å². The lowest BCUT2D eigenvalue weighted by Crippen LogP contribution is -2.26. The number of aryl methyl sites for hydroxylation is 1. The van der Waals surface area contributed by atoms with Crippen LogP contribution in [-0.4, -0.2) is 31.9 Å². The second-order valence-electron chi connectivity index (χ2n) is 4.31. The van der Waals surface area contributed by atoms with Crippen molar-refractivity contribution in [3.63, 3.8) is 0 Å². The Kier molecular flexibility index (Phi) is 4.09. The summed E-state index contributed by atoms with van der Waals surface area (Å²) < 4.78 is 31.8. The summed E-state index contributed by atoms with van der Waals surface area (Å²) in [5.74, 6) is -0.0440. The van der Waals surface area contributed by atoms with Crippen molar-refractivity contribution in [1.29, 1.82) is 0 Å². The highest BCUT2D eigenvalue weighted by Gasteiger charge is 2.24. The van der Waals surface area contributed by atoms with Crippen LogP contribution >= 0.6 is 11.6 Å². The summed E-state index contributed by atoms with van der Waals surface area (Å²) in [6, 6.07) is 1.70. The third-order valence-electron chi connectivity index (χ3n) is 2.80. The molecule has 2 heterocycles. The van der Waals surface area contributed by atoms with E-state index in [-0.39, 0.29) is 17.0 Å². The fraction of sp³-hybridized carbons (Fsp3) is 0.545. The molecule has 1 saturated heterocycles. The van der Waals surface area contributed by atoms with Crippen LogP contribution in [0.15, 0.2) is 12.3 Å². The van der Waals surface area contributed by atoms with Gasteiger partial charge in [-0.25, -0.2) is 13.4 Å². The van der Waals surface area contributed by atoms with E-state index in [0.717, 1.165) is 18.4 Å². The van der Waals surface area contributed by atoms with Crippen LogP contribution in [0.3, 0.4) is 0 Å². The Balaban J connectivity index is 2.12. The number of hydrogen-bond donors (Lipinski definition) is 1. The molecule has 0 saturated carbocycles. The van der Waals surface area contributed by atoms with Crippen LogP contribution in [-0.2, 0) is 14.8 Å². The maximum absolute atomic E-state index is 12.0. The van der Waals surface area contributed by atoms with E-state index in [2.05, 4.69) is 9.71 Å². The number of rotatable bonds is 4. The highest BCUT2D eigenvalue weighted by Crippen LogP contribution is 2.24. The number of nitrogens with one attached hydrogen (secondary N) is 1. The smallest absolute Gasteiger partial charge is 0.235 e. The standard InChI is InChI=1S/C11H15ClN2O3S/c1-8-4-5-13-11(12)10(8)14-18(15,16)7-9-3-2-6-17-9/h4-5,9,14H,2-3,6-7H2,1H3. The second kappa shape index (κ2) is 5.42. The highest BCUT2D eigenvalue weighted by molar-refractivity contribution is 7.92. The zero-order valence-corrected chi connectivity index (χ0v) is 11.6. The second-order valence-corrected chi connectivity index (χ2v) is 6.44. The fourth-order valence-electron chi connectivity index (χ4n) is 1.87. The van der Waals surface area contributed by atoms with Gasteiger partial charge in [-0.3, -0.25) is 4.72 Å². The average Bonchev–Trinajstić information content (AvgIpc) is 2.75. The van der Waals surface area contributed by atoms with E-state index in [1.807, 2.05) is 0 Å². The molecule has 1 fully saturated rings. The van der Waals surface area contributed by atoms with E-state index in [0.29, 0.717) is 12.3 Å². The van der Waals surface area contributed by atoms with E-state index in [4.69, 9.17) is 16.3 Å². The van der Waals surface area contributed by atoms with E-state index < -0.39 is 10.0 Å². The molecular formula is C11H15ClN2O3S. The van der Waals surface area contributed by atoms with Crippen molar-refractivity contribution < 1.29 is 13.2 Å². The molecule has 1 N–H and O–H groups in total. The molecule has 1 unspecified atom stereocenters. The summed E-state index contributed by atoms with van der Waals surface area (Å²) in [5, 5.41) is 0.158. The summed E-state index contributed by atoms with van der Waals surface area (Å²) in [5.41, 5.74) is 1.09. The summed E-state index contributed by atoms with van der Waals surface area (Å²) in [4.78, 5) is 3.86. The summed E-state index contributed by atoms with van der Waals surface area (Å²) >= 11 is 5.88. The molecule has 2 rings (SSSR count). The molecule has 100 valence electrons. The molecular weight excluding hydrogens is 276 g/mol. The Morgan fingerprint density at radius 3 is 3.00 bits per heavy atom. The lowest BCUT2D eigenvalue weighted by molar-refractivity contribution is 0.127. The zero-order chi connectivity index (χ0) is 13.2. The summed E-state index contributed by atoms with van der Waals surface area (Å²) in [7, 11) is -3.46. The normalized spacial score (nSPS) is 20.0. The topological polar surface area (TPSA) is 68.3 Å². The van der Waals surface area contributed by atoms with Gasteiger partial charge in [0.25, 0.3) is 0 Å². The van der Waals surface area contributed by atoms with Crippen LogP contribution < -0.4 is 4.72 Å². The molecule has 1 aliphatic rings. The van der Waals surface area contributed by atoms with Crippen LogP contribution in [0.4, 0.5) is 5.69 Å². The van der Waals surface area contributed by atoms with Gasteiger partial charge in [0.05, 0.1) is 17.5 Å². The van der Waals surface area contributed by atoms with Crippen LogP contribution in [0.25, 0.3) is 0 Å². The molecule has 1 atom stereocenters. The van der Waals surface area contributed by atoms with Crippen LogP contribution in [0.5, 0.6) is 0 Å². The highest BCUT2D eigenvalue weighted by atomic mass is 35.5. The molecule has 18 heavy (non-hydrogen) atoms. The number of pyridine rings is 1. The summed E-state index contributed by atoms with van der Waals surface area (Å²) in [6.45, 7) is 2.41. The van der Waals surface area contributed by atoms with Gasteiger partial charge in [0.2, 0.25) is 10.0 Å². The Hall–Kier alpha value is -0.850. The number of hydrogen-bond acceptors (Lipinski definition) is 4. The molecule has 5 nitrogen and oxygen atoms in total. The molecule has 7 heteroatoms. The summed E-state index contributed by atoms with van der Waals surface area (Å²) in [6.07, 6.45) is 3.00. The van der Waals surface area contributed by atoms with Crippen LogP contribution in [0.2, 0.25) is 5.15 Å². The number of nitrogens with zero attached hydrogens (tertiary/aromatic N) is 1. The van der Waals surface area contributed by atoms with Gasteiger partial charge in [0.1, 0.15) is 0 Å². The van der Waals surface area contributed by atoms with Gasteiger partial charge in [-0.2, -0.15) is 0 Å². The van der Waals surface area contributed by atoms with Crippen LogP contribution in [0, 0.1) is 6.92 Å². The minimum absolute atomic E-state index is 0.0440. The van der Waals surface area contributed by atoms with Gasteiger partial charge in [-0.15, -0.1) is 0 Å². The van der Waals surface area contributed by atoms with E-state index in [9.17, 15) is 8.42 Å². The number of aromatic nitrogens is 1. The minimum atomic E-state index is -3.46. The molecule has 0 bridgehead atoms. The third-order valence-corrected chi connectivity index (χ3v) is 4.41.